The van der Waals surface area contributed by atoms with Crippen LogP contribution in [0, 0.1) is 11.7 Å². The van der Waals surface area contributed by atoms with Gasteiger partial charge in [0.1, 0.15) is 11.6 Å². The van der Waals surface area contributed by atoms with E-state index in [1.54, 1.807) is 12.1 Å². The van der Waals surface area contributed by atoms with Gasteiger partial charge in [0.2, 0.25) is 5.13 Å². The summed E-state index contributed by atoms with van der Waals surface area (Å²) in [6.45, 7) is 9.02. The van der Waals surface area contributed by atoms with Crippen molar-refractivity contribution in [3.8, 4) is 0 Å². The van der Waals surface area contributed by atoms with E-state index in [2.05, 4.69) is 40.3 Å². The predicted molar refractivity (Wildman–Crippen MR) is 132 cm³/mol. The van der Waals surface area contributed by atoms with Crippen LogP contribution < -0.4 is 10.2 Å². The average Bonchev–Trinajstić information content (AvgIpc) is 3.27. The van der Waals surface area contributed by atoms with Crippen LogP contribution in [0.5, 0.6) is 0 Å². The highest BCUT2D eigenvalue weighted by Gasteiger charge is 2.23. The predicted octanol–water partition coefficient (Wildman–Crippen LogP) is 5.21. The Morgan fingerprint density at radius 1 is 1.09 bits per heavy atom. The lowest BCUT2D eigenvalue weighted by atomic mass is 9.86. The van der Waals surface area contributed by atoms with Gasteiger partial charge in [-0.2, -0.15) is 4.37 Å². The fourth-order valence-electron chi connectivity index (χ4n) is 4.02. The first-order chi connectivity index (χ1) is 15.8. The number of benzene rings is 2. The van der Waals surface area contributed by atoms with Gasteiger partial charge in [0, 0.05) is 43.2 Å². The lowest BCUT2D eigenvalue weighted by molar-refractivity contribution is 0.0945. The number of amides is 1. The second-order valence-electron chi connectivity index (χ2n) is 9.76. The van der Waals surface area contributed by atoms with Crippen molar-refractivity contribution in [2.45, 2.75) is 45.4 Å². The van der Waals surface area contributed by atoms with Crippen molar-refractivity contribution < 1.29 is 9.18 Å². The summed E-state index contributed by atoms with van der Waals surface area (Å²) in [7, 11) is 0. The van der Waals surface area contributed by atoms with Crippen molar-refractivity contribution in [3.63, 3.8) is 0 Å². The molecule has 0 radical (unpaired) electrons. The minimum Gasteiger partial charge on any atom is -0.352 e. The summed E-state index contributed by atoms with van der Waals surface area (Å²) in [6.07, 6.45) is 2.63. The Morgan fingerprint density at radius 2 is 1.76 bits per heavy atom. The summed E-state index contributed by atoms with van der Waals surface area (Å²) >= 11 is 1.42. The molecule has 1 N–H and O–H groups in total. The van der Waals surface area contributed by atoms with Gasteiger partial charge in [-0.05, 0) is 59.6 Å². The van der Waals surface area contributed by atoms with E-state index in [1.165, 1.54) is 29.2 Å². The molecule has 2 aromatic carbocycles. The SMILES string of the molecule is CC(C)(C)c1ccc(C(=O)NCC2CCN(c3nc(Cc4ccc(F)cc4)ns3)CC2)cc1. The van der Waals surface area contributed by atoms with Crippen molar-refractivity contribution >= 4 is 22.6 Å². The Balaban J connectivity index is 1.23. The normalized spacial score (nSPS) is 15.0. The van der Waals surface area contributed by atoms with E-state index in [-0.39, 0.29) is 17.1 Å². The molecule has 0 spiro atoms. The number of nitrogens with zero attached hydrogens (tertiary/aromatic N) is 3. The van der Waals surface area contributed by atoms with Crippen LogP contribution in [0.2, 0.25) is 0 Å². The monoisotopic (exact) mass is 466 g/mol. The third-order valence-electron chi connectivity index (χ3n) is 6.18. The van der Waals surface area contributed by atoms with E-state index < -0.39 is 0 Å². The van der Waals surface area contributed by atoms with E-state index in [1.807, 2.05) is 24.3 Å². The molecule has 33 heavy (non-hydrogen) atoms. The van der Waals surface area contributed by atoms with Crippen molar-refractivity contribution in [2.75, 3.05) is 24.5 Å². The number of hydrogen-bond donors (Lipinski definition) is 1. The smallest absolute Gasteiger partial charge is 0.251 e. The zero-order chi connectivity index (χ0) is 23.4. The number of piperidine rings is 1. The molecule has 0 aliphatic carbocycles. The summed E-state index contributed by atoms with van der Waals surface area (Å²) in [5.41, 5.74) is 3.02. The molecule has 0 bridgehead atoms. The molecule has 0 atom stereocenters. The third-order valence-corrected chi connectivity index (χ3v) is 7.00. The van der Waals surface area contributed by atoms with Crippen molar-refractivity contribution in [3.05, 3.63) is 76.9 Å². The Labute approximate surface area is 199 Å². The van der Waals surface area contributed by atoms with Gasteiger partial charge in [0.15, 0.2) is 0 Å². The van der Waals surface area contributed by atoms with E-state index in [0.717, 1.165) is 42.5 Å². The lowest BCUT2D eigenvalue weighted by Crippen LogP contribution is -2.38. The highest BCUT2D eigenvalue weighted by atomic mass is 32.1. The average molecular weight is 467 g/mol. The van der Waals surface area contributed by atoms with Crippen LogP contribution in [-0.2, 0) is 11.8 Å². The summed E-state index contributed by atoms with van der Waals surface area (Å²) in [6, 6.07) is 14.4. The van der Waals surface area contributed by atoms with Gasteiger partial charge >= 0.3 is 0 Å². The number of carbonyl (C=O) groups excluding carboxylic acids is 1. The maximum absolute atomic E-state index is 13.1. The van der Waals surface area contributed by atoms with Gasteiger partial charge in [-0.3, -0.25) is 4.79 Å². The molecule has 1 saturated heterocycles. The molecule has 4 rings (SSSR count). The number of anilines is 1. The topological polar surface area (TPSA) is 58.1 Å². The molecule has 1 aromatic heterocycles. The first-order valence-corrected chi connectivity index (χ1v) is 12.3. The van der Waals surface area contributed by atoms with Gasteiger partial charge in [0.05, 0.1) is 0 Å². The van der Waals surface area contributed by atoms with Crippen LogP contribution in [-0.4, -0.2) is 34.9 Å². The fourth-order valence-corrected chi connectivity index (χ4v) is 4.76. The van der Waals surface area contributed by atoms with Crippen LogP contribution in [0.1, 0.15) is 60.9 Å². The Morgan fingerprint density at radius 3 is 2.39 bits per heavy atom. The van der Waals surface area contributed by atoms with Crippen LogP contribution in [0.25, 0.3) is 0 Å². The van der Waals surface area contributed by atoms with E-state index >= 15 is 0 Å². The van der Waals surface area contributed by atoms with Gasteiger partial charge in [0.25, 0.3) is 5.91 Å². The van der Waals surface area contributed by atoms with Gasteiger partial charge in [-0.15, -0.1) is 0 Å². The van der Waals surface area contributed by atoms with Crippen LogP contribution in [0.3, 0.4) is 0 Å². The quantitative estimate of drug-likeness (QED) is 0.542. The number of halogens is 1. The van der Waals surface area contributed by atoms with Crippen LogP contribution in [0.4, 0.5) is 9.52 Å². The van der Waals surface area contributed by atoms with Crippen molar-refractivity contribution in [1.29, 1.82) is 0 Å². The molecule has 1 amide bonds. The van der Waals surface area contributed by atoms with Crippen LogP contribution in [0.15, 0.2) is 48.5 Å². The molecule has 1 fully saturated rings. The Bertz CT molecular complexity index is 1060. The molecule has 174 valence electrons. The minimum absolute atomic E-state index is 0.00699. The molecule has 1 aliphatic rings. The molecule has 3 aromatic rings. The molecule has 5 nitrogen and oxygen atoms in total. The number of carbonyl (C=O) groups is 1. The number of hydrogen-bond acceptors (Lipinski definition) is 5. The number of aromatic nitrogens is 2. The lowest BCUT2D eigenvalue weighted by Gasteiger charge is -2.31. The van der Waals surface area contributed by atoms with Gasteiger partial charge in [-0.1, -0.05) is 45.0 Å². The maximum atomic E-state index is 13.1. The van der Waals surface area contributed by atoms with Crippen LogP contribution >= 0.6 is 11.5 Å². The first-order valence-electron chi connectivity index (χ1n) is 11.5. The second kappa shape index (κ2) is 10.00. The summed E-state index contributed by atoms with van der Waals surface area (Å²) in [5.74, 6) is 0.995. The fraction of sp³-hybridized carbons (Fsp3) is 0.423. The summed E-state index contributed by atoms with van der Waals surface area (Å²) in [4.78, 5) is 19.5. The second-order valence-corrected chi connectivity index (χ2v) is 10.5. The highest BCUT2D eigenvalue weighted by molar-refractivity contribution is 7.09. The number of nitrogens with one attached hydrogen (secondary N) is 1. The molecule has 7 heteroatoms. The standard InChI is InChI=1S/C26H31FN4OS/c1-26(2,3)21-8-6-20(7-9-21)24(32)28-17-19-12-14-31(15-13-19)25-29-23(30-33-25)16-18-4-10-22(27)11-5-18/h4-11,19H,12-17H2,1-3H3,(H,28,32). The van der Waals surface area contributed by atoms with E-state index in [4.69, 9.17) is 0 Å². The Kier molecular flexibility index (Phi) is 7.08. The van der Waals surface area contributed by atoms with Crippen molar-refractivity contribution in [2.24, 2.45) is 5.92 Å². The zero-order valence-electron chi connectivity index (χ0n) is 19.5. The first kappa shape index (κ1) is 23.4. The maximum Gasteiger partial charge on any atom is 0.251 e. The van der Waals surface area contributed by atoms with Crippen molar-refractivity contribution in [1.82, 2.24) is 14.7 Å². The van der Waals surface area contributed by atoms with Gasteiger partial charge < -0.3 is 10.2 Å². The molecule has 2 heterocycles. The minimum atomic E-state index is -0.233. The number of rotatable bonds is 6. The largest absolute Gasteiger partial charge is 0.352 e. The summed E-state index contributed by atoms with van der Waals surface area (Å²) in [5, 5.41) is 4.05. The summed E-state index contributed by atoms with van der Waals surface area (Å²) < 4.78 is 17.6. The molecular weight excluding hydrogens is 435 g/mol. The zero-order valence-corrected chi connectivity index (χ0v) is 20.3. The Hall–Kier alpha value is -2.80. The molecular formula is C26H31FN4OS. The molecule has 0 saturated carbocycles. The molecule has 1 aliphatic heterocycles. The third kappa shape index (κ3) is 6.16. The van der Waals surface area contributed by atoms with Gasteiger partial charge in [-0.25, -0.2) is 9.37 Å². The molecule has 0 unspecified atom stereocenters. The van der Waals surface area contributed by atoms with E-state index in [0.29, 0.717) is 24.4 Å². The van der Waals surface area contributed by atoms with E-state index in [9.17, 15) is 9.18 Å². The highest BCUT2D eigenvalue weighted by Crippen LogP contribution is 2.26.